The van der Waals surface area contributed by atoms with Gasteiger partial charge in [0.25, 0.3) is 0 Å². The lowest BCUT2D eigenvalue weighted by molar-refractivity contribution is -0.131. The molecule has 1 aromatic carbocycles. The molecule has 0 amide bonds. The number of rotatable bonds is 17. The van der Waals surface area contributed by atoms with Gasteiger partial charge in [-0.1, -0.05) is 96.1 Å². The van der Waals surface area contributed by atoms with Gasteiger partial charge in [0.1, 0.15) is 0 Å². The molecule has 1 aromatic rings. The summed E-state index contributed by atoms with van der Waals surface area (Å²) in [6.45, 7) is 3.28. The van der Waals surface area contributed by atoms with Crippen molar-refractivity contribution in [3.63, 3.8) is 0 Å². The summed E-state index contributed by atoms with van der Waals surface area (Å²) in [6.07, 6.45) is 20.7. The third-order valence-electron chi connectivity index (χ3n) is 4.94. The SMILES string of the molecule is CCCCCCCCCCCCCCCNc1ccc(C=CC(=O)O)cc1. The molecule has 2 N–H and O–H groups in total. The largest absolute Gasteiger partial charge is 0.478 e. The number of carbonyl (C=O) groups is 1. The topological polar surface area (TPSA) is 49.3 Å². The van der Waals surface area contributed by atoms with Crippen LogP contribution in [0.1, 0.15) is 96.0 Å². The molecule has 27 heavy (non-hydrogen) atoms. The maximum Gasteiger partial charge on any atom is 0.328 e. The molecule has 0 atom stereocenters. The molecule has 152 valence electrons. The smallest absolute Gasteiger partial charge is 0.328 e. The number of aliphatic carboxylic acids is 1. The van der Waals surface area contributed by atoms with Gasteiger partial charge in [0, 0.05) is 18.3 Å². The van der Waals surface area contributed by atoms with E-state index >= 15 is 0 Å². The van der Waals surface area contributed by atoms with Crippen molar-refractivity contribution in [1.29, 1.82) is 0 Å². The molecule has 0 aliphatic carbocycles. The molecule has 0 aliphatic heterocycles. The van der Waals surface area contributed by atoms with Crippen LogP contribution in [0.2, 0.25) is 0 Å². The summed E-state index contributed by atoms with van der Waals surface area (Å²) < 4.78 is 0. The van der Waals surface area contributed by atoms with Gasteiger partial charge in [-0.05, 0) is 30.2 Å². The van der Waals surface area contributed by atoms with Crippen molar-refractivity contribution in [3.05, 3.63) is 35.9 Å². The van der Waals surface area contributed by atoms with Crippen molar-refractivity contribution in [2.24, 2.45) is 0 Å². The third-order valence-corrected chi connectivity index (χ3v) is 4.94. The number of carboxylic acids is 1. The van der Waals surface area contributed by atoms with Crippen molar-refractivity contribution >= 4 is 17.7 Å². The first-order chi connectivity index (χ1) is 13.2. The maximum absolute atomic E-state index is 10.5. The van der Waals surface area contributed by atoms with E-state index in [0.717, 1.165) is 23.9 Å². The molecule has 0 saturated heterocycles. The van der Waals surface area contributed by atoms with Crippen LogP contribution in [0.3, 0.4) is 0 Å². The predicted molar refractivity (Wildman–Crippen MR) is 117 cm³/mol. The molecular formula is C24H39NO2. The second-order valence-electron chi connectivity index (χ2n) is 7.46. The minimum absolute atomic E-state index is 0.906. The van der Waals surface area contributed by atoms with Crippen LogP contribution in [0.4, 0.5) is 5.69 Å². The number of hydrogen-bond acceptors (Lipinski definition) is 2. The molecule has 0 spiro atoms. The zero-order valence-electron chi connectivity index (χ0n) is 17.2. The van der Waals surface area contributed by atoms with Crippen LogP contribution in [-0.2, 0) is 4.79 Å². The maximum atomic E-state index is 10.5. The van der Waals surface area contributed by atoms with Gasteiger partial charge in [-0.2, -0.15) is 0 Å². The zero-order chi connectivity index (χ0) is 19.6. The fourth-order valence-electron chi connectivity index (χ4n) is 3.26. The fourth-order valence-corrected chi connectivity index (χ4v) is 3.26. The molecule has 0 saturated carbocycles. The number of unbranched alkanes of at least 4 members (excludes halogenated alkanes) is 12. The molecule has 0 aromatic heterocycles. The Bertz CT molecular complexity index is 508. The summed E-state index contributed by atoms with van der Waals surface area (Å²) >= 11 is 0. The molecule has 0 bridgehead atoms. The number of nitrogens with one attached hydrogen (secondary N) is 1. The van der Waals surface area contributed by atoms with E-state index in [1.165, 1.54) is 83.5 Å². The standard InChI is InChI=1S/C24H39NO2/c1-2-3-4-5-6-7-8-9-10-11-12-13-14-21-25-23-18-15-22(16-19-23)17-20-24(26)27/h15-20,25H,2-14,21H2,1H3,(H,26,27). The Morgan fingerprint density at radius 2 is 1.30 bits per heavy atom. The summed E-state index contributed by atoms with van der Waals surface area (Å²) in [6, 6.07) is 7.88. The summed E-state index contributed by atoms with van der Waals surface area (Å²) in [5.41, 5.74) is 2.00. The summed E-state index contributed by atoms with van der Waals surface area (Å²) in [5.74, 6) is -0.917. The van der Waals surface area contributed by atoms with Gasteiger partial charge in [0.05, 0.1) is 0 Å². The van der Waals surface area contributed by atoms with Crippen molar-refractivity contribution in [3.8, 4) is 0 Å². The Morgan fingerprint density at radius 1 is 0.815 bits per heavy atom. The van der Waals surface area contributed by atoms with Crippen LogP contribution in [0, 0.1) is 0 Å². The first-order valence-electron chi connectivity index (χ1n) is 11.0. The average molecular weight is 374 g/mol. The number of hydrogen-bond donors (Lipinski definition) is 2. The molecule has 0 aliphatic rings. The Kier molecular flexibility index (Phi) is 14.1. The summed E-state index contributed by atoms with van der Waals surface area (Å²) in [7, 11) is 0. The van der Waals surface area contributed by atoms with Crippen LogP contribution >= 0.6 is 0 Å². The van der Waals surface area contributed by atoms with E-state index in [1.54, 1.807) is 6.08 Å². The molecule has 0 radical (unpaired) electrons. The second-order valence-corrected chi connectivity index (χ2v) is 7.46. The fraction of sp³-hybridized carbons (Fsp3) is 0.625. The minimum atomic E-state index is -0.917. The highest BCUT2D eigenvalue weighted by molar-refractivity contribution is 5.85. The monoisotopic (exact) mass is 373 g/mol. The van der Waals surface area contributed by atoms with Crippen LogP contribution in [-0.4, -0.2) is 17.6 Å². The molecule has 0 unspecified atom stereocenters. The van der Waals surface area contributed by atoms with E-state index in [9.17, 15) is 4.79 Å². The number of anilines is 1. The molecule has 0 fully saturated rings. The van der Waals surface area contributed by atoms with Gasteiger partial charge < -0.3 is 10.4 Å². The van der Waals surface area contributed by atoms with E-state index in [1.807, 2.05) is 24.3 Å². The first kappa shape index (κ1) is 23.3. The molecule has 3 nitrogen and oxygen atoms in total. The lowest BCUT2D eigenvalue weighted by atomic mass is 10.0. The van der Waals surface area contributed by atoms with E-state index in [-0.39, 0.29) is 0 Å². The van der Waals surface area contributed by atoms with Gasteiger partial charge in [0.2, 0.25) is 0 Å². The number of carboxylic acid groups (broad SMARTS) is 1. The summed E-state index contributed by atoms with van der Waals surface area (Å²) in [5, 5.41) is 12.1. The van der Waals surface area contributed by atoms with Crippen molar-refractivity contribution in [1.82, 2.24) is 0 Å². The van der Waals surface area contributed by atoms with Crippen molar-refractivity contribution in [2.45, 2.75) is 90.4 Å². The first-order valence-corrected chi connectivity index (χ1v) is 11.0. The van der Waals surface area contributed by atoms with E-state index in [2.05, 4.69) is 12.2 Å². The van der Waals surface area contributed by atoms with Gasteiger partial charge >= 0.3 is 5.97 Å². The van der Waals surface area contributed by atoms with Gasteiger partial charge in [0.15, 0.2) is 0 Å². The normalized spacial score (nSPS) is 11.1. The molecule has 3 heteroatoms. The Labute approximate surface area is 166 Å². The van der Waals surface area contributed by atoms with Crippen LogP contribution in [0.15, 0.2) is 30.3 Å². The Morgan fingerprint density at radius 3 is 1.78 bits per heavy atom. The minimum Gasteiger partial charge on any atom is -0.478 e. The lowest BCUT2D eigenvalue weighted by Crippen LogP contribution is -2.01. The van der Waals surface area contributed by atoms with Crippen LogP contribution in [0.5, 0.6) is 0 Å². The van der Waals surface area contributed by atoms with Gasteiger partial charge in [-0.3, -0.25) is 0 Å². The molecule has 1 rings (SSSR count). The van der Waals surface area contributed by atoms with Crippen molar-refractivity contribution < 1.29 is 9.90 Å². The quantitative estimate of drug-likeness (QED) is 0.223. The number of benzene rings is 1. The lowest BCUT2D eigenvalue weighted by Gasteiger charge is -2.07. The second kappa shape index (κ2) is 16.4. The third kappa shape index (κ3) is 14.0. The van der Waals surface area contributed by atoms with E-state index in [0.29, 0.717) is 0 Å². The Hall–Kier alpha value is -1.77. The molecular weight excluding hydrogens is 334 g/mol. The molecule has 0 heterocycles. The average Bonchev–Trinajstić information content (AvgIpc) is 2.67. The van der Waals surface area contributed by atoms with Crippen LogP contribution < -0.4 is 5.32 Å². The highest BCUT2D eigenvalue weighted by Crippen LogP contribution is 2.13. The Balaban J connectivity index is 1.91. The van der Waals surface area contributed by atoms with E-state index < -0.39 is 5.97 Å². The van der Waals surface area contributed by atoms with Gasteiger partial charge in [-0.15, -0.1) is 0 Å². The van der Waals surface area contributed by atoms with Gasteiger partial charge in [-0.25, -0.2) is 4.79 Å². The van der Waals surface area contributed by atoms with Crippen molar-refractivity contribution in [2.75, 3.05) is 11.9 Å². The predicted octanol–water partition coefficient (Wildman–Crippen LogP) is 7.29. The highest BCUT2D eigenvalue weighted by atomic mass is 16.4. The van der Waals surface area contributed by atoms with E-state index in [4.69, 9.17) is 5.11 Å². The highest BCUT2D eigenvalue weighted by Gasteiger charge is 1.95. The summed E-state index contributed by atoms with van der Waals surface area (Å²) in [4.78, 5) is 10.5. The van der Waals surface area contributed by atoms with Crippen LogP contribution in [0.25, 0.3) is 6.08 Å². The zero-order valence-corrected chi connectivity index (χ0v) is 17.2.